The van der Waals surface area contributed by atoms with Gasteiger partial charge in [-0.15, -0.1) is 0 Å². The Labute approximate surface area is 178 Å². The zero-order valence-corrected chi connectivity index (χ0v) is 17.6. The molecule has 0 bridgehead atoms. The molecule has 4 aromatic rings. The van der Waals surface area contributed by atoms with Crippen LogP contribution in [0.4, 0.5) is 0 Å². The van der Waals surface area contributed by atoms with Gasteiger partial charge in [0.2, 0.25) is 5.88 Å². The van der Waals surface area contributed by atoms with Crippen LogP contribution in [0.25, 0.3) is 27.8 Å². The summed E-state index contributed by atoms with van der Waals surface area (Å²) in [5.41, 5.74) is 3.89. The van der Waals surface area contributed by atoms with E-state index in [2.05, 4.69) is 9.97 Å². The predicted molar refractivity (Wildman–Crippen MR) is 114 cm³/mol. The van der Waals surface area contributed by atoms with Gasteiger partial charge in [0.25, 0.3) is 5.88 Å². The summed E-state index contributed by atoms with van der Waals surface area (Å²) in [5.74, 6) is 1.36. The summed E-state index contributed by atoms with van der Waals surface area (Å²) in [6.45, 7) is 1.66. The molecule has 0 aliphatic heterocycles. The van der Waals surface area contributed by atoms with Crippen molar-refractivity contribution in [1.82, 2.24) is 19.5 Å². The lowest BCUT2D eigenvalue weighted by atomic mass is 10.1. The molecular formula is C22H22N4O5. The van der Waals surface area contributed by atoms with E-state index in [1.807, 2.05) is 13.0 Å². The van der Waals surface area contributed by atoms with Gasteiger partial charge in [-0.2, -0.15) is 0 Å². The molecular weight excluding hydrogens is 400 g/mol. The first-order valence-corrected chi connectivity index (χ1v) is 9.44. The maximum atomic E-state index is 10.9. The minimum absolute atomic E-state index is 0.0394. The number of methoxy groups -OCH3 is 3. The number of hydrogen-bond acceptors (Lipinski definition) is 8. The third-order valence-corrected chi connectivity index (χ3v) is 5.04. The van der Waals surface area contributed by atoms with Crippen LogP contribution in [-0.2, 0) is 6.61 Å². The van der Waals surface area contributed by atoms with E-state index in [1.165, 1.54) is 14.2 Å². The van der Waals surface area contributed by atoms with Gasteiger partial charge in [0, 0.05) is 24.0 Å². The fourth-order valence-electron chi connectivity index (χ4n) is 3.49. The summed E-state index contributed by atoms with van der Waals surface area (Å²) < 4.78 is 17.4. The molecule has 4 aromatic heterocycles. The smallest absolute Gasteiger partial charge is 0.256 e. The second-order valence-electron chi connectivity index (χ2n) is 6.84. The molecule has 0 radical (unpaired) electrons. The molecule has 9 nitrogen and oxygen atoms in total. The highest BCUT2D eigenvalue weighted by atomic mass is 16.5. The number of ether oxygens (including phenoxy) is 3. The van der Waals surface area contributed by atoms with Crippen molar-refractivity contribution in [3.63, 3.8) is 0 Å². The quantitative estimate of drug-likeness (QED) is 0.488. The van der Waals surface area contributed by atoms with E-state index in [4.69, 9.17) is 19.2 Å². The highest BCUT2D eigenvalue weighted by Gasteiger charge is 2.17. The van der Waals surface area contributed by atoms with Crippen LogP contribution in [0.3, 0.4) is 0 Å². The van der Waals surface area contributed by atoms with Crippen LogP contribution >= 0.6 is 0 Å². The van der Waals surface area contributed by atoms with Crippen molar-refractivity contribution in [2.75, 3.05) is 21.3 Å². The number of aryl methyl sites for hydroxylation is 1. The zero-order chi connectivity index (χ0) is 22.1. The average Bonchev–Trinajstić information content (AvgIpc) is 3.14. The molecule has 2 N–H and O–H groups in total. The normalized spacial score (nSPS) is 11.0. The summed E-state index contributed by atoms with van der Waals surface area (Å²) in [6.07, 6.45) is 4.94. The number of aliphatic hydroxyl groups is 1. The van der Waals surface area contributed by atoms with Crippen LogP contribution in [0.1, 0.15) is 11.3 Å². The van der Waals surface area contributed by atoms with E-state index < -0.39 is 0 Å². The van der Waals surface area contributed by atoms with Gasteiger partial charge in [-0.1, -0.05) is 0 Å². The topological polar surface area (TPSA) is 112 Å². The van der Waals surface area contributed by atoms with E-state index in [1.54, 1.807) is 42.4 Å². The number of nitrogens with zero attached hydrogens (tertiary/aromatic N) is 4. The third kappa shape index (κ3) is 3.49. The Kier molecular flexibility index (Phi) is 5.35. The molecule has 0 aliphatic carbocycles. The Bertz CT molecular complexity index is 1270. The molecule has 0 atom stereocenters. The van der Waals surface area contributed by atoms with Crippen LogP contribution in [0.15, 0.2) is 36.8 Å². The van der Waals surface area contributed by atoms with Crippen molar-refractivity contribution in [2.45, 2.75) is 13.5 Å². The molecule has 0 spiro atoms. The second-order valence-corrected chi connectivity index (χ2v) is 6.84. The molecule has 0 aromatic carbocycles. The first kappa shape index (κ1) is 20.4. The lowest BCUT2D eigenvalue weighted by molar-refractivity contribution is 0.268. The molecule has 0 saturated carbocycles. The van der Waals surface area contributed by atoms with Gasteiger partial charge in [-0.3, -0.25) is 9.55 Å². The van der Waals surface area contributed by atoms with Gasteiger partial charge < -0.3 is 24.4 Å². The fraction of sp³-hybridized carbons (Fsp3) is 0.227. The Hall–Kier alpha value is -3.85. The van der Waals surface area contributed by atoms with Gasteiger partial charge in [-0.05, 0) is 24.6 Å². The Balaban J connectivity index is 1.85. The minimum Gasteiger partial charge on any atom is -0.495 e. The van der Waals surface area contributed by atoms with Gasteiger partial charge in [0.1, 0.15) is 11.4 Å². The number of pyridine rings is 3. The lowest BCUT2D eigenvalue weighted by Crippen LogP contribution is -1.99. The molecule has 4 heterocycles. The van der Waals surface area contributed by atoms with E-state index >= 15 is 0 Å². The summed E-state index contributed by atoms with van der Waals surface area (Å²) in [5, 5.41) is 20.9. The average molecular weight is 422 g/mol. The largest absolute Gasteiger partial charge is 0.495 e. The second kappa shape index (κ2) is 8.11. The molecule has 9 heteroatoms. The molecule has 31 heavy (non-hydrogen) atoms. The standard InChI is InChI=1S/C22H22N4O5/c1-12-5-15(13-6-19(30-3)21(31-4)24-8-13)25-16-10-26(22(28)20(12)16)14-7-18(29-2)17(11-27)23-9-14/h5-10,27-28H,11H2,1-4H3. The van der Waals surface area contributed by atoms with Gasteiger partial charge >= 0.3 is 0 Å². The maximum absolute atomic E-state index is 10.9. The van der Waals surface area contributed by atoms with E-state index in [-0.39, 0.29) is 12.5 Å². The highest BCUT2D eigenvalue weighted by molar-refractivity contribution is 5.90. The number of fused-ring (bicyclic) bond motifs is 1. The van der Waals surface area contributed by atoms with Crippen molar-refractivity contribution in [2.24, 2.45) is 0 Å². The Morgan fingerprint density at radius 1 is 0.968 bits per heavy atom. The van der Waals surface area contributed by atoms with E-state index in [0.29, 0.717) is 45.4 Å². The van der Waals surface area contributed by atoms with E-state index in [9.17, 15) is 10.2 Å². The van der Waals surface area contributed by atoms with Crippen molar-refractivity contribution < 1.29 is 24.4 Å². The summed E-state index contributed by atoms with van der Waals surface area (Å²) in [7, 11) is 4.58. The van der Waals surface area contributed by atoms with Crippen molar-refractivity contribution in [3.8, 4) is 40.2 Å². The lowest BCUT2D eigenvalue weighted by Gasteiger charge is -2.10. The number of hydrogen-bond donors (Lipinski definition) is 2. The van der Waals surface area contributed by atoms with Crippen LogP contribution in [-0.4, -0.2) is 51.1 Å². The number of aliphatic hydroxyl groups excluding tert-OH is 1. The number of aromatic hydroxyl groups is 1. The Morgan fingerprint density at radius 2 is 1.74 bits per heavy atom. The third-order valence-electron chi connectivity index (χ3n) is 5.04. The maximum Gasteiger partial charge on any atom is 0.256 e. The Morgan fingerprint density at radius 3 is 2.42 bits per heavy atom. The summed E-state index contributed by atoms with van der Waals surface area (Å²) in [6, 6.07) is 5.38. The molecule has 4 rings (SSSR count). The molecule has 0 unspecified atom stereocenters. The first-order chi connectivity index (χ1) is 15.0. The highest BCUT2D eigenvalue weighted by Crippen LogP contribution is 2.36. The van der Waals surface area contributed by atoms with Crippen LogP contribution in [0.5, 0.6) is 23.3 Å². The number of aromatic nitrogens is 4. The summed E-state index contributed by atoms with van der Waals surface area (Å²) in [4.78, 5) is 13.2. The van der Waals surface area contributed by atoms with Crippen LogP contribution < -0.4 is 14.2 Å². The molecule has 0 amide bonds. The minimum atomic E-state index is -0.244. The monoisotopic (exact) mass is 422 g/mol. The fourth-order valence-corrected chi connectivity index (χ4v) is 3.49. The van der Waals surface area contributed by atoms with Crippen molar-refractivity contribution in [3.05, 3.63) is 48.0 Å². The van der Waals surface area contributed by atoms with Crippen LogP contribution in [0.2, 0.25) is 0 Å². The summed E-state index contributed by atoms with van der Waals surface area (Å²) >= 11 is 0. The SMILES string of the molecule is COc1cc(-n2cc3nc(-c4cnc(OC)c(OC)c4)cc(C)c3c2O)cnc1CO. The molecule has 0 saturated heterocycles. The predicted octanol–water partition coefficient (Wildman–Crippen LogP) is 3.01. The molecule has 160 valence electrons. The van der Waals surface area contributed by atoms with Gasteiger partial charge in [-0.25, -0.2) is 9.97 Å². The van der Waals surface area contributed by atoms with Gasteiger partial charge in [0.05, 0.1) is 56.4 Å². The first-order valence-electron chi connectivity index (χ1n) is 9.44. The molecule has 0 fully saturated rings. The van der Waals surface area contributed by atoms with Crippen molar-refractivity contribution in [1.29, 1.82) is 0 Å². The number of rotatable bonds is 6. The van der Waals surface area contributed by atoms with Gasteiger partial charge in [0.15, 0.2) is 5.75 Å². The van der Waals surface area contributed by atoms with Crippen LogP contribution in [0, 0.1) is 6.92 Å². The van der Waals surface area contributed by atoms with Crippen molar-refractivity contribution >= 4 is 10.9 Å². The molecule has 0 aliphatic rings. The van der Waals surface area contributed by atoms with E-state index in [0.717, 1.165) is 11.1 Å². The zero-order valence-electron chi connectivity index (χ0n) is 17.6.